The molecule has 0 spiro atoms. The van der Waals surface area contributed by atoms with Gasteiger partial charge in [0.25, 0.3) is 5.91 Å². The Kier molecular flexibility index (Phi) is 7.21. The average Bonchev–Trinajstić information content (AvgIpc) is 2.88. The van der Waals surface area contributed by atoms with Crippen molar-refractivity contribution in [2.24, 2.45) is 0 Å². The Morgan fingerprint density at radius 1 is 0.970 bits per heavy atom. The molecule has 3 aromatic rings. The van der Waals surface area contributed by atoms with Crippen LogP contribution in [-0.2, 0) is 9.53 Å². The number of nitrogens with zero attached hydrogens (tertiary/aromatic N) is 3. The van der Waals surface area contributed by atoms with Crippen molar-refractivity contribution in [3.63, 3.8) is 0 Å². The van der Waals surface area contributed by atoms with Crippen molar-refractivity contribution in [1.29, 1.82) is 0 Å². The maximum Gasteiger partial charge on any atom is 0.262 e. The Labute approximate surface area is 192 Å². The maximum absolute atomic E-state index is 12.4. The molecule has 2 aromatic carbocycles. The number of ether oxygens (including phenoxy) is 4. The van der Waals surface area contributed by atoms with Crippen LogP contribution < -0.4 is 24.4 Å². The predicted octanol–water partition coefficient (Wildman–Crippen LogP) is 3.01. The lowest BCUT2D eigenvalue weighted by Gasteiger charge is -2.27. The lowest BCUT2D eigenvalue weighted by Crippen LogP contribution is -2.36. The van der Waals surface area contributed by atoms with Gasteiger partial charge in [0, 0.05) is 42.5 Å². The fraction of sp³-hybridized carbons (Fsp3) is 0.292. The van der Waals surface area contributed by atoms with E-state index in [1.807, 2.05) is 36.4 Å². The SMILES string of the molecule is COc1cc(OC)cc(OCC(=O)Nc2cccc(-c3ccc(N4CCOCC4)nn3)c2)c1. The number of amides is 1. The Morgan fingerprint density at radius 2 is 1.70 bits per heavy atom. The van der Waals surface area contributed by atoms with Crippen LogP contribution in [0.4, 0.5) is 11.5 Å². The van der Waals surface area contributed by atoms with E-state index in [1.54, 1.807) is 32.4 Å². The van der Waals surface area contributed by atoms with Crippen molar-refractivity contribution in [1.82, 2.24) is 10.2 Å². The van der Waals surface area contributed by atoms with Gasteiger partial charge in [0.2, 0.25) is 0 Å². The zero-order valence-electron chi connectivity index (χ0n) is 18.6. The topological polar surface area (TPSA) is 95.0 Å². The zero-order valence-corrected chi connectivity index (χ0v) is 18.6. The molecule has 172 valence electrons. The summed E-state index contributed by atoms with van der Waals surface area (Å²) in [6.07, 6.45) is 0. The van der Waals surface area contributed by atoms with Crippen LogP contribution in [0.25, 0.3) is 11.3 Å². The first kappa shape index (κ1) is 22.3. The van der Waals surface area contributed by atoms with Crippen molar-refractivity contribution in [2.75, 3.05) is 57.3 Å². The summed E-state index contributed by atoms with van der Waals surface area (Å²) in [5.74, 6) is 2.18. The Balaban J connectivity index is 1.37. The number of methoxy groups -OCH3 is 2. The minimum absolute atomic E-state index is 0.158. The first-order valence-corrected chi connectivity index (χ1v) is 10.6. The second-order valence-corrected chi connectivity index (χ2v) is 7.34. The number of carbonyl (C=O) groups excluding carboxylic acids is 1. The van der Waals surface area contributed by atoms with Gasteiger partial charge in [0.05, 0.1) is 33.1 Å². The van der Waals surface area contributed by atoms with Gasteiger partial charge in [-0.25, -0.2) is 0 Å². The molecule has 1 amide bonds. The third kappa shape index (κ3) is 5.89. The van der Waals surface area contributed by atoms with E-state index >= 15 is 0 Å². The number of nitrogens with one attached hydrogen (secondary N) is 1. The number of carbonyl (C=O) groups is 1. The minimum Gasteiger partial charge on any atom is -0.496 e. The van der Waals surface area contributed by atoms with E-state index in [-0.39, 0.29) is 12.5 Å². The molecule has 9 nitrogen and oxygen atoms in total. The van der Waals surface area contributed by atoms with Gasteiger partial charge < -0.3 is 29.2 Å². The summed E-state index contributed by atoms with van der Waals surface area (Å²) >= 11 is 0. The van der Waals surface area contributed by atoms with Crippen molar-refractivity contribution >= 4 is 17.4 Å². The van der Waals surface area contributed by atoms with Crippen LogP contribution in [0.15, 0.2) is 54.6 Å². The molecule has 0 aliphatic carbocycles. The lowest BCUT2D eigenvalue weighted by atomic mass is 10.1. The van der Waals surface area contributed by atoms with E-state index in [0.29, 0.717) is 36.1 Å². The van der Waals surface area contributed by atoms with Crippen molar-refractivity contribution < 1.29 is 23.7 Å². The van der Waals surface area contributed by atoms with Crippen LogP contribution in [0.5, 0.6) is 17.2 Å². The molecule has 1 saturated heterocycles. The first-order valence-electron chi connectivity index (χ1n) is 10.6. The van der Waals surface area contributed by atoms with E-state index in [1.165, 1.54) is 0 Å². The molecule has 0 bridgehead atoms. The fourth-order valence-electron chi connectivity index (χ4n) is 3.41. The molecule has 2 heterocycles. The molecule has 4 rings (SSSR count). The van der Waals surface area contributed by atoms with Gasteiger partial charge in [-0.2, -0.15) is 0 Å². The van der Waals surface area contributed by atoms with E-state index in [0.717, 1.165) is 30.2 Å². The largest absolute Gasteiger partial charge is 0.496 e. The van der Waals surface area contributed by atoms with Gasteiger partial charge in [-0.1, -0.05) is 12.1 Å². The van der Waals surface area contributed by atoms with Gasteiger partial charge in [-0.15, -0.1) is 10.2 Å². The van der Waals surface area contributed by atoms with E-state index in [4.69, 9.17) is 18.9 Å². The van der Waals surface area contributed by atoms with Gasteiger partial charge in [-0.3, -0.25) is 4.79 Å². The summed E-state index contributed by atoms with van der Waals surface area (Å²) in [5.41, 5.74) is 2.22. The monoisotopic (exact) mass is 450 g/mol. The van der Waals surface area contributed by atoms with Crippen LogP contribution in [0.1, 0.15) is 0 Å². The molecule has 0 radical (unpaired) electrons. The highest BCUT2D eigenvalue weighted by Crippen LogP contribution is 2.27. The number of hydrogen-bond donors (Lipinski definition) is 1. The normalized spacial score (nSPS) is 13.3. The van der Waals surface area contributed by atoms with Gasteiger partial charge >= 0.3 is 0 Å². The van der Waals surface area contributed by atoms with E-state index < -0.39 is 0 Å². The molecule has 0 saturated carbocycles. The van der Waals surface area contributed by atoms with Gasteiger partial charge in [0.1, 0.15) is 17.2 Å². The highest BCUT2D eigenvalue weighted by Gasteiger charge is 2.13. The molecule has 1 fully saturated rings. The molecular weight excluding hydrogens is 424 g/mol. The van der Waals surface area contributed by atoms with Crippen LogP contribution >= 0.6 is 0 Å². The van der Waals surface area contributed by atoms with E-state index in [2.05, 4.69) is 20.4 Å². The smallest absolute Gasteiger partial charge is 0.262 e. The molecule has 0 unspecified atom stereocenters. The number of rotatable bonds is 8. The second kappa shape index (κ2) is 10.6. The molecule has 0 atom stereocenters. The lowest BCUT2D eigenvalue weighted by molar-refractivity contribution is -0.118. The highest BCUT2D eigenvalue weighted by molar-refractivity contribution is 5.92. The molecule has 1 N–H and O–H groups in total. The van der Waals surface area contributed by atoms with Crippen molar-refractivity contribution in [2.45, 2.75) is 0 Å². The summed E-state index contributed by atoms with van der Waals surface area (Å²) in [5, 5.41) is 11.6. The third-order valence-corrected chi connectivity index (χ3v) is 5.12. The number of anilines is 2. The Hall–Kier alpha value is -3.85. The minimum atomic E-state index is -0.289. The quantitative estimate of drug-likeness (QED) is 0.560. The summed E-state index contributed by atoms with van der Waals surface area (Å²) < 4.78 is 21.4. The number of hydrogen-bond acceptors (Lipinski definition) is 8. The molecular formula is C24H26N4O5. The van der Waals surface area contributed by atoms with Gasteiger partial charge in [-0.05, 0) is 24.3 Å². The molecule has 33 heavy (non-hydrogen) atoms. The second-order valence-electron chi connectivity index (χ2n) is 7.34. The third-order valence-electron chi connectivity index (χ3n) is 5.12. The van der Waals surface area contributed by atoms with E-state index in [9.17, 15) is 4.79 Å². The molecule has 1 aliphatic rings. The summed E-state index contributed by atoms with van der Waals surface area (Å²) in [6, 6.07) is 16.4. The van der Waals surface area contributed by atoms with Gasteiger partial charge in [0.15, 0.2) is 12.4 Å². The standard InChI is InChI=1S/C24H26N4O5/c1-30-19-13-20(31-2)15-21(14-19)33-16-24(29)25-18-5-3-4-17(12-18)22-6-7-23(27-26-22)28-8-10-32-11-9-28/h3-7,12-15H,8-11,16H2,1-2H3,(H,25,29). The highest BCUT2D eigenvalue weighted by atomic mass is 16.5. The number of aromatic nitrogens is 2. The number of morpholine rings is 1. The first-order chi connectivity index (χ1) is 16.1. The fourth-order valence-corrected chi connectivity index (χ4v) is 3.41. The summed E-state index contributed by atoms with van der Waals surface area (Å²) in [4.78, 5) is 14.6. The maximum atomic E-state index is 12.4. The molecule has 1 aromatic heterocycles. The predicted molar refractivity (Wildman–Crippen MR) is 124 cm³/mol. The average molecular weight is 450 g/mol. The van der Waals surface area contributed by atoms with Crippen molar-refractivity contribution in [3.05, 3.63) is 54.6 Å². The summed E-state index contributed by atoms with van der Waals surface area (Å²) in [7, 11) is 3.11. The molecule has 1 aliphatic heterocycles. The van der Waals surface area contributed by atoms with Crippen molar-refractivity contribution in [3.8, 4) is 28.5 Å². The van der Waals surface area contributed by atoms with Crippen LogP contribution in [0.3, 0.4) is 0 Å². The summed E-state index contributed by atoms with van der Waals surface area (Å²) in [6.45, 7) is 2.84. The van der Waals surface area contributed by atoms with Crippen LogP contribution in [0, 0.1) is 0 Å². The Morgan fingerprint density at radius 3 is 2.36 bits per heavy atom. The van der Waals surface area contributed by atoms with Crippen LogP contribution in [0.2, 0.25) is 0 Å². The zero-order chi connectivity index (χ0) is 23.0. The Bertz CT molecular complexity index is 1060. The molecule has 9 heteroatoms. The van der Waals surface area contributed by atoms with Crippen LogP contribution in [-0.4, -0.2) is 63.2 Å². The number of benzene rings is 2.